The van der Waals surface area contributed by atoms with Crippen LogP contribution in [0.2, 0.25) is 0 Å². The Morgan fingerprint density at radius 3 is 2.89 bits per heavy atom. The monoisotopic (exact) mass is 270 g/mol. The van der Waals surface area contributed by atoms with E-state index < -0.39 is 0 Å². The average Bonchev–Trinajstić information content (AvgIpc) is 2.86. The maximum absolute atomic E-state index is 11.8. The zero-order valence-electron chi connectivity index (χ0n) is 11.2. The van der Waals surface area contributed by atoms with Gasteiger partial charge in [0.2, 0.25) is 5.91 Å². The molecule has 2 unspecified atom stereocenters. The van der Waals surface area contributed by atoms with Gasteiger partial charge in [-0.05, 0) is 44.4 Å². The molecule has 0 aliphatic rings. The first-order valence-corrected chi connectivity index (χ1v) is 7.58. The van der Waals surface area contributed by atoms with Gasteiger partial charge in [-0.1, -0.05) is 0 Å². The lowest BCUT2D eigenvalue weighted by atomic mass is 10.2. The highest BCUT2D eigenvalue weighted by atomic mass is 32.2. The zero-order valence-corrected chi connectivity index (χ0v) is 12.0. The molecular formula is C13H22N2O2S. The molecule has 5 heteroatoms. The van der Waals surface area contributed by atoms with E-state index in [9.17, 15) is 4.79 Å². The number of furan rings is 1. The fraction of sp³-hybridized carbons (Fsp3) is 0.615. The quantitative estimate of drug-likeness (QED) is 0.759. The number of amides is 1. The second kappa shape index (κ2) is 8.21. The topological polar surface area (TPSA) is 54.3 Å². The van der Waals surface area contributed by atoms with Crippen LogP contribution in [0, 0.1) is 0 Å². The van der Waals surface area contributed by atoms with E-state index in [1.165, 1.54) is 0 Å². The summed E-state index contributed by atoms with van der Waals surface area (Å²) in [5, 5.41) is 6.13. The van der Waals surface area contributed by atoms with Gasteiger partial charge in [0.15, 0.2) is 0 Å². The molecule has 1 amide bonds. The van der Waals surface area contributed by atoms with Gasteiger partial charge in [0.05, 0.1) is 18.8 Å². The average molecular weight is 270 g/mol. The molecule has 0 radical (unpaired) electrons. The Morgan fingerprint density at radius 2 is 2.28 bits per heavy atom. The SMILES string of the molecule is CSCCC(C)NC(C)C(=O)NCc1ccco1. The van der Waals surface area contributed by atoms with Crippen molar-refractivity contribution in [1.29, 1.82) is 0 Å². The molecule has 2 atom stereocenters. The number of nitrogens with one attached hydrogen (secondary N) is 2. The van der Waals surface area contributed by atoms with Crippen molar-refractivity contribution in [3.8, 4) is 0 Å². The Labute approximate surface area is 113 Å². The number of carbonyl (C=O) groups is 1. The fourth-order valence-corrected chi connectivity index (χ4v) is 2.21. The molecule has 102 valence electrons. The fourth-order valence-electron chi connectivity index (χ4n) is 1.62. The maximum Gasteiger partial charge on any atom is 0.237 e. The first-order valence-electron chi connectivity index (χ1n) is 6.18. The summed E-state index contributed by atoms with van der Waals surface area (Å²) in [5.41, 5.74) is 0. The molecule has 0 aromatic carbocycles. The van der Waals surface area contributed by atoms with Crippen LogP contribution in [0.4, 0.5) is 0 Å². The lowest BCUT2D eigenvalue weighted by molar-refractivity contribution is -0.123. The first kappa shape index (κ1) is 15.1. The molecule has 1 aromatic rings. The van der Waals surface area contributed by atoms with Crippen molar-refractivity contribution in [2.24, 2.45) is 0 Å². The molecule has 4 nitrogen and oxygen atoms in total. The molecule has 2 N–H and O–H groups in total. The number of hydrogen-bond acceptors (Lipinski definition) is 4. The van der Waals surface area contributed by atoms with Crippen molar-refractivity contribution >= 4 is 17.7 Å². The van der Waals surface area contributed by atoms with Crippen molar-refractivity contribution < 1.29 is 9.21 Å². The molecule has 0 saturated carbocycles. The highest BCUT2D eigenvalue weighted by Gasteiger charge is 2.14. The molecule has 0 bridgehead atoms. The van der Waals surface area contributed by atoms with Gasteiger partial charge in [-0.3, -0.25) is 4.79 Å². The van der Waals surface area contributed by atoms with Crippen LogP contribution in [0.3, 0.4) is 0 Å². The van der Waals surface area contributed by atoms with Gasteiger partial charge in [-0.2, -0.15) is 11.8 Å². The van der Waals surface area contributed by atoms with E-state index in [1.807, 2.05) is 30.8 Å². The highest BCUT2D eigenvalue weighted by Crippen LogP contribution is 2.02. The normalized spacial score (nSPS) is 14.2. The second-order valence-electron chi connectivity index (χ2n) is 4.37. The summed E-state index contributed by atoms with van der Waals surface area (Å²) in [6.07, 6.45) is 4.76. The molecule has 0 fully saturated rings. The Kier molecular flexibility index (Phi) is 6.90. The van der Waals surface area contributed by atoms with Crippen LogP contribution in [-0.2, 0) is 11.3 Å². The standard InChI is InChI=1S/C13H22N2O2S/c1-10(6-8-18-3)15-11(2)13(16)14-9-12-5-4-7-17-12/h4-5,7,10-11,15H,6,8-9H2,1-3H3,(H,14,16). The van der Waals surface area contributed by atoms with E-state index in [4.69, 9.17) is 4.42 Å². The van der Waals surface area contributed by atoms with Crippen molar-refractivity contribution in [2.75, 3.05) is 12.0 Å². The van der Waals surface area contributed by atoms with Crippen LogP contribution in [0.1, 0.15) is 26.0 Å². The molecule has 0 spiro atoms. The van der Waals surface area contributed by atoms with E-state index in [-0.39, 0.29) is 11.9 Å². The van der Waals surface area contributed by atoms with Crippen LogP contribution in [-0.4, -0.2) is 30.0 Å². The Balaban J connectivity index is 2.23. The van der Waals surface area contributed by atoms with Crippen molar-refractivity contribution in [3.05, 3.63) is 24.2 Å². The first-order chi connectivity index (χ1) is 8.63. The summed E-state index contributed by atoms with van der Waals surface area (Å²) in [4.78, 5) is 11.8. The van der Waals surface area contributed by atoms with Crippen LogP contribution < -0.4 is 10.6 Å². The molecule has 0 aliphatic heterocycles. The minimum absolute atomic E-state index is 0.00222. The van der Waals surface area contributed by atoms with E-state index >= 15 is 0 Å². The lowest BCUT2D eigenvalue weighted by Gasteiger charge is -2.19. The van der Waals surface area contributed by atoms with Gasteiger partial charge in [-0.15, -0.1) is 0 Å². The molecule has 0 saturated heterocycles. The summed E-state index contributed by atoms with van der Waals surface area (Å²) >= 11 is 1.82. The van der Waals surface area contributed by atoms with Crippen LogP contribution in [0.5, 0.6) is 0 Å². The van der Waals surface area contributed by atoms with Crippen molar-refractivity contribution in [1.82, 2.24) is 10.6 Å². The summed E-state index contributed by atoms with van der Waals surface area (Å²) < 4.78 is 5.16. The van der Waals surface area contributed by atoms with E-state index in [0.29, 0.717) is 12.6 Å². The number of thioether (sulfide) groups is 1. The van der Waals surface area contributed by atoms with Crippen LogP contribution in [0.15, 0.2) is 22.8 Å². The Morgan fingerprint density at radius 1 is 1.50 bits per heavy atom. The predicted molar refractivity (Wildman–Crippen MR) is 75.6 cm³/mol. The number of hydrogen-bond donors (Lipinski definition) is 2. The van der Waals surface area contributed by atoms with Crippen molar-refractivity contribution in [3.63, 3.8) is 0 Å². The minimum Gasteiger partial charge on any atom is -0.467 e. The van der Waals surface area contributed by atoms with E-state index in [1.54, 1.807) is 6.26 Å². The summed E-state index contributed by atoms with van der Waals surface area (Å²) in [7, 11) is 0. The van der Waals surface area contributed by atoms with Gasteiger partial charge in [-0.25, -0.2) is 0 Å². The summed E-state index contributed by atoms with van der Waals surface area (Å²) in [6.45, 7) is 4.43. The number of carbonyl (C=O) groups excluding carboxylic acids is 1. The molecule has 0 aliphatic carbocycles. The molecule has 1 aromatic heterocycles. The van der Waals surface area contributed by atoms with E-state index in [0.717, 1.165) is 17.9 Å². The summed E-state index contributed by atoms with van der Waals surface area (Å²) in [5.74, 6) is 1.88. The lowest BCUT2D eigenvalue weighted by Crippen LogP contribution is -2.45. The number of rotatable bonds is 8. The molecule has 1 rings (SSSR count). The Hall–Kier alpha value is -0.940. The highest BCUT2D eigenvalue weighted by molar-refractivity contribution is 7.98. The Bertz CT molecular complexity index is 341. The van der Waals surface area contributed by atoms with E-state index in [2.05, 4.69) is 23.8 Å². The smallest absolute Gasteiger partial charge is 0.237 e. The maximum atomic E-state index is 11.8. The van der Waals surface area contributed by atoms with Crippen molar-refractivity contribution in [2.45, 2.75) is 38.9 Å². The largest absolute Gasteiger partial charge is 0.467 e. The molecular weight excluding hydrogens is 248 g/mol. The third-order valence-corrected chi connectivity index (χ3v) is 3.34. The minimum atomic E-state index is -0.184. The van der Waals surface area contributed by atoms with Gasteiger partial charge in [0.25, 0.3) is 0 Å². The van der Waals surface area contributed by atoms with Gasteiger partial charge in [0, 0.05) is 6.04 Å². The van der Waals surface area contributed by atoms with Crippen LogP contribution in [0.25, 0.3) is 0 Å². The third kappa shape index (κ3) is 5.60. The predicted octanol–water partition coefficient (Wildman–Crippen LogP) is 2.02. The van der Waals surface area contributed by atoms with Crippen LogP contribution >= 0.6 is 11.8 Å². The van der Waals surface area contributed by atoms with Gasteiger partial charge >= 0.3 is 0 Å². The second-order valence-corrected chi connectivity index (χ2v) is 5.35. The molecule has 18 heavy (non-hydrogen) atoms. The third-order valence-electron chi connectivity index (χ3n) is 2.70. The van der Waals surface area contributed by atoms with Gasteiger partial charge < -0.3 is 15.1 Å². The molecule has 1 heterocycles. The summed E-state index contributed by atoms with van der Waals surface area (Å²) in [6, 6.07) is 3.83. The van der Waals surface area contributed by atoms with Gasteiger partial charge in [0.1, 0.15) is 5.76 Å². The zero-order chi connectivity index (χ0) is 13.4.